The normalized spacial score (nSPS) is 23.5. The summed E-state index contributed by atoms with van der Waals surface area (Å²) < 4.78 is 0. The predicted molar refractivity (Wildman–Crippen MR) is 47.0 cm³/mol. The van der Waals surface area contributed by atoms with E-state index in [2.05, 4.69) is 4.90 Å². The zero-order valence-corrected chi connectivity index (χ0v) is 7.56. The minimum Gasteiger partial charge on any atom is -0.391 e. The van der Waals surface area contributed by atoms with Gasteiger partial charge in [-0.15, -0.1) is 11.6 Å². The van der Waals surface area contributed by atoms with Crippen LogP contribution in [0.4, 0.5) is 0 Å². The summed E-state index contributed by atoms with van der Waals surface area (Å²) in [6.45, 7) is 3.02. The molecule has 1 aliphatic rings. The Labute approximate surface area is 73.1 Å². The number of hydrogen-bond acceptors (Lipinski definition) is 2. The van der Waals surface area contributed by atoms with E-state index in [1.54, 1.807) is 0 Å². The lowest BCUT2D eigenvalue weighted by molar-refractivity contribution is 0.116. The van der Waals surface area contributed by atoms with Crippen molar-refractivity contribution in [1.82, 2.24) is 4.90 Å². The third kappa shape index (κ3) is 3.41. The molecular formula is C8H16ClNO. The van der Waals surface area contributed by atoms with Gasteiger partial charge in [0.25, 0.3) is 0 Å². The summed E-state index contributed by atoms with van der Waals surface area (Å²) in [5, 5.41) is 9.24. The largest absolute Gasteiger partial charge is 0.391 e. The molecule has 1 saturated heterocycles. The van der Waals surface area contributed by atoms with Gasteiger partial charge in [-0.2, -0.15) is 0 Å². The Bertz CT molecular complexity index is 104. The molecule has 66 valence electrons. The monoisotopic (exact) mass is 177 g/mol. The van der Waals surface area contributed by atoms with E-state index in [4.69, 9.17) is 11.6 Å². The van der Waals surface area contributed by atoms with Gasteiger partial charge < -0.3 is 10.0 Å². The Morgan fingerprint density at radius 1 is 1.27 bits per heavy atom. The highest BCUT2D eigenvalue weighted by Gasteiger charge is 2.13. The quantitative estimate of drug-likeness (QED) is 0.653. The minimum absolute atomic E-state index is 0.338. The fraction of sp³-hybridized carbons (Fsp3) is 1.00. The van der Waals surface area contributed by atoms with Crippen molar-refractivity contribution in [2.24, 2.45) is 0 Å². The van der Waals surface area contributed by atoms with Crippen LogP contribution in [-0.2, 0) is 0 Å². The van der Waals surface area contributed by atoms with E-state index in [1.165, 1.54) is 19.3 Å². The fourth-order valence-corrected chi connectivity index (χ4v) is 1.59. The molecule has 0 aromatic rings. The highest BCUT2D eigenvalue weighted by molar-refractivity contribution is 6.18. The van der Waals surface area contributed by atoms with Gasteiger partial charge in [-0.1, -0.05) is 6.42 Å². The molecular weight excluding hydrogens is 162 g/mol. The molecule has 0 aromatic heterocycles. The number of β-amino-alcohol motifs (C(OH)–C–C–N with tert-alkyl or cyclic N) is 1. The van der Waals surface area contributed by atoms with Crippen molar-refractivity contribution < 1.29 is 5.11 Å². The summed E-state index contributed by atoms with van der Waals surface area (Å²) >= 11 is 5.49. The van der Waals surface area contributed by atoms with Crippen molar-refractivity contribution >= 4 is 11.6 Å². The van der Waals surface area contributed by atoms with Crippen LogP contribution in [-0.4, -0.2) is 41.6 Å². The summed E-state index contributed by atoms with van der Waals surface area (Å²) in [7, 11) is 0. The SMILES string of the molecule is O[C@@H](CCl)CN1CCCCC1. The summed E-state index contributed by atoms with van der Waals surface area (Å²) in [5.74, 6) is 0.358. The number of likely N-dealkylation sites (tertiary alicyclic amines) is 1. The first-order valence-corrected chi connectivity index (χ1v) is 4.83. The van der Waals surface area contributed by atoms with Crippen molar-refractivity contribution in [2.45, 2.75) is 25.4 Å². The zero-order valence-electron chi connectivity index (χ0n) is 6.80. The molecule has 1 heterocycles. The molecule has 1 fully saturated rings. The van der Waals surface area contributed by atoms with Crippen LogP contribution in [0.1, 0.15) is 19.3 Å². The van der Waals surface area contributed by atoms with Crippen LogP contribution in [0.5, 0.6) is 0 Å². The molecule has 0 radical (unpaired) electrons. The number of aliphatic hydroxyl groups excluding tert-OH is 1. The third-order valence-corrected chi connectivity index (χ3v) is 2.45. The Morgan fingerprint density at radius 3 is 2.45 bits per heavy atom. The molecule has 0 bridgehead atoms. The minimum atomic E-state index is -0.338. The van der Waals surface area contributed by atoms with Crippen LogP contribution in [0.15, 0.2) is 0 Å². The van der Waals surface area contributed by atoms with Crippen molar-refractivity contribution in [1.29, 1.82) is 0 Å². The highest BCUT2D eigenvalue weighted by atomic mass is 35.5. The molecule has 0 aliphatic carbocycles. The molecule has 0 unspecified atom stereocenters. The lowest BCUT2D eigenvalue weighted by Crippen LogP contribution is -2.36. The number of aliphatic hydroxyl groups is 1. The van der Waals surface area contributed by atoms with E-state index < -0.39 is 0 Å². The van der Waals surface area contributed by atoms with E-state index in [9.17, 15) is 5.11 Å². The van der Waals surface area contributed by atoms with Gasteiger partial charge in [-0.3, -0.25) is 0 Å². The summed E-state index contributed by atoms with van der Waals surface area (Å²) in [5.41, 5.74) is 0. The van der Waals surface area contributed by atoms with Crippen LogP contribution in [0.2, 0.25) is 0 Å². The third-order valence-electron chi connectivity index (χ3n) is 2.10. The predicted octanol–water partition coefficient (Wildman–Crippen LogP) is 1.07. The van der Waals surface area contributed by atoms with Gasteiger partial charge in [-0.05, 0) is 25.9 Å². The van der Waals surface area contributed by atoms with Gasteiger partial charge in [0, 0.05) is 12.4 Å². The fourth-order valence-electron chi connectivity index (χ4n) is 1.49. The molecule has 2 nitrogen and oxygen atoms in total. The van der Waals surface area contributed by atoms with Crippen LogP contribution in [0, 0.1) is 0 Å². The molecule has 0 spiro atoms. The van der Waals surface area contributed by atoms with Gasteiger partial charge in [0.1, 0.15) is 0 Å². The second-order valence-corrected chi connectivity index (χ2v) is 3.48. The standard InChI is InChI=1S/C8H16ClNO/c9-6-8(11)7-10-4-2-1-3-5-10/h8,11H,1-7H2/t8-/m0/s1. The van der Waals surface area contributed by atoms with Crippen LogP contribution in [0.3, 0.4) is 0 Å². The van der Waals surface area contributed by atoms with Crippen molar-refractivity contribution in [2.75, 3.05) is 25.5 Å². The zero-order chi connectivity index (χ0) is 8.10. The molecule has 0 saturated carbocycles. The first-order valence-electron chi connectivity index (χ1n) is 4.29. The van der Waals surface area contributed by atoms with Gasteiger partial charge >= 0.3 is 0 Å². The van der Waals surface area contributed by atoms with E-state index >= 15 is 0 Å². The second kappa shape index (κ2) is 4.96. The average molecular weight is 178 g/mol. The molecule has 3 heteroatoms. The van der Waals surface area contributed by atoms with E-state index in [-0.39, 0.29) is 6.10 Å². The van der Waals surface area contributed by atoms with E-state index in [0.717, 1.165) is 19.6 Å². The topological polar surface area (TPSA) is 23.5 Å². The van der Waals surface area contributed by atoms with Gasteiger partial charge in [0.15, 0.2) is 0 Å². The molecule has 11 heavy (non-hydrogen) atoms. The lowest BCUT2D eigenvalue weighted by atomic mass is 10.1. The molecule has 1 atom stereocenters. The maximum Gasteiger partial charge on any atom is 0.0802 e. The molecule has 0 amide bonds. The number of hydrogen-bond donors (Lipinski definition) is 1. The summed E-state index contributed by atoms with van der Waals surface area (Å²) in [4.78, 5) is 2.29. The highest BCUT2D eigenvalue weighted by Crippen LogP contribution is 2.08. The number of nitrogens with zero attached hydrogens (tertiary/aromatic N) is 1. The molecule has 1 N–H and O–H groups in total. The van der Waals surface area contributed by atoms with Crippen molar-refractivity contribution in [3.63, 3.8) is 0 Å². The Morgan fingerprint density at radius 2 is 1.91 bits per heavy atom. The first kappa shape index (κ1) is 9.30. The average Bonchev–Trinajstić information content (AvgIpc) is 2.06. The van der Waals surface area contributed by atoms with Gasteiger partial charge in [-0.25, -0.2) is 0 Å². The number of piperidine rings is 1. The second-order valence-electron chi connectivity index (χ2n) is 3.17. The smallest absolute Gasteiger partial charge is 0.0802 e. The number of alkyl halides is 1. The first-order chi connectivity index (χ1) is 5.33. The van der Waals surface area contributed by atoms with Crippen LogP contribution in [0.25, 0.3) is 0 Å². The number of rotatable bonds is 3. The maximum absolute atomic E-state index is 9.24. The molecule has 1 aliphatic heterocycles. The Balaban J connectivity index is 2.13. The molecule has 1 rings (SSSR count). The van der Waals surface area contributed by atoms with Crippen molar-refractivity contribution in [3.05, 3.63) is 0 Å². The van der Waals surface area contributed by atoms with Crippen LogP contribution < -0.4 is 0 Å². The Kier molecular flexibility index (Phi) is 4.20. The maximum atomic E-state index is 9.24. The van der Waals surface area contributed by atoms with Gasteiger partial charge in [0.05, 0.1) is 6.10 Å². The molecule has 0 aromatic carbocycles. The van der Waals surface area contributed by atoms with Gasteiger partial charge in [0.2, 0.25) is 0 Å². The number of halogens is 1. The Hall–Kier alpha value is 0.210. The van der Waals surface area contributed by atoms with E-state index in [0.29, 0.717) is 5.88 Å². The van der Waals surface area contributed by atoms with Crippen LogP contribution >= 0.6 is 11.6 Å². The lowest BCUT2D eigenvalue weighted by Gasteiger charge is -2.27. The summed E-state index contributed by atoms with van der Waals surface area (Å²) in [6, 6.07) is 0. The van der Waals surface area contributed by atoms with Crippen molar-refractivity contribution in [3.8, 4) is 0 Å². The summed E-state index contributed by atoms with van der Waals surface area (Å²) in [6.07, 6.45) is 3.55. The van der Waals surface area contributed by atoms with E-state index in [1.807, 2.05) is 0 Å².